The Balaban J connectivity index is 3.22. The standard InChI is InChI=1S/C16H23N3O10/c1-8(20)25-7-12-13(26-9(2)21)14(27-10(3)22)15(28-11(4)23)16(29-12)24-6-5-18-19-17/h12-16H,5-7H2,1-4H3/t12-,13+,14-,15-,16+/m0/s1. The number of rotatable bonds is 9. The van der Waals surface area contributed by atoms with E-state index >= 15 is 0 Å². The van der Waals surface area contributed by atoms with Crippen molar-refractivity contribution in [1.29, 1.82) is 0 Å². The third-order valence-electron chi connectivity index (χ3n) is 3.48. The minimum Gasteiger partial charge on any atom is -0.463 e. The molecule has 162 valence electrons. The second-order valence-corrected chi connectivity index (χ2v) is 5.89. The first-order valence-electron chi connectivity index (χ1n) is 8.58. The highest BCUT2D eigenvalue weighted by molar-refractivity contribution is 5.68. The quantitative estimate of drug-likeness (QED) is 0.128. The van der Waals surface area contributed by atoms with E-state index in [2.05, 4.69) is 10.0 Å². The summed E-state index contributed by atoms with van der Waals surface area (Å²) in [7, 11) is 0. The first-order valence-corrected chi connectivity index (χ1v) is 8.58. The first-order chi connectivity index (χ1) is 13.6. The number of hydrogen-bond acceptors (Lipinski definition) is 11. The van der Waals surface area contributed by atoms with Gasteiger partial charge in [-0.2, -0.15) is 0 Å². The Labute approximate surface area is 166 Å². The summed E-state index contributed by atoms with van der Waals surface area (Å²) >= 11 is 0. The van der Waals surface area contributed by atoms with Crippen LogP contribution in [0.4, 0.5) is 0 Å². The van der Waals surface area contributed by atoms with Gasteiger partial charge in [0.25, 0.3) is 0 Å². The van der Waals surface area contributed by atoms with E-state index in [1.54, 1.807) is 0 Å². The van der Waals surface area contributed by atoms with Crippen LogP contribution in [0.25, 0.3) is 10.4 Å². The molecular weight excluding hydrogens is 394 g/mol. The van der Waals surface area contributed by atoms with Gasteiger partial charge < -0.3 is 28.4 Å². The third kappa shape index (κ3) is 8.34. The Kier molecular flexibility index (Phi) is 9.86. The van der Waals surface area contributed by atoms with E-state index in [9.17, 15) is 19.2 Å². The molecule has 13 heteroatoms. The lowest BCUT2D eigenvalue weighted by Gasteiger charge is -2.44. The molecule has 29 heavy (non-hydrogen) atoms. The van der Waals surface area contributed by atoms with Crippen LogP contribution in [-0.2, 0) is 47.6 Å². The van der Waals surface area contributed by atoms with E-state index in [1.807, 2.05) is 0 Å². The van der Waals surface area contributed by atoms with E-state index in [-0.39, 0.29) is 19.8 Å². The first kappa shape index (κ1) is 24.1. The molecule has 0 aromatic heterocycles. The zero-order valence-electron chi connectivity index (χ0n) is 16.4. The number of esters is 4. The zero-order valence-corrected chi connectivity index (χ0v) is 16.4. The second-order valence-electron chi connectivity index (χ2n) is 5.89. The summed E-state index contributed by atoms with van der Waals surface area (Å²) in [4.78, 5) is 48.5. The summed E-state index contributed by atoms with van der Waals surface area (Å²) in [6, 6.07) is 0. The van der Waals surface area contributed by atoms with Crippen molar-refractivity contribution < 1.29 is 47.6 Å². The van der Waals surface area contributed by atoms with Crippen molar-refractivity contribution in [2.45, 2.75) is 58.4 Å². The molecule has 0 radical (unpaired) electrons. The molecule has 1 rings (SSSR count). The van der Waals surface area contributed by atoms with Gasteiger partial charge in [-0.3, -0.25) is 19.2 Å². The number of azide groups is 1. The SMILES string of the molecule is CC(=O)OC[C@@H]1O[C@@H](OCCN=[N+]=[N-])[C@@H](OC(C)=O)[C@@H](OC(C)=O)[C@@H]1OC(C)=O. The molecule has 1 aliphatic heterocycles. The van der Waals surface area contributed by atoms with E-state index in [0.29, 0.717) is 0 Å². The van der Waals surface area contributed by atoms with Gasteiger partial charge in [-0.25, -0.2) is 0 Å². The summed E-state index contributed by atoms with van der Waals surface area (Å²) in [5.74, 6) is -2.83. The second kappa shape index (κ2) is 11.8. The third-order valence-corrected chi connectivity index (χ3v) is 3.48. The van der Waals surface area contributed by atoms with Crippen molar-refractivity contribution in [3.8, 4) is 0 Å². The fourth-order valence-electron chi connectivity index (χ4n) is 2.58. The van der Waals surface area contributed by atoms with Crippen LogP contribution in [0, 0.1) is 0 Å². The summed E-state index contributed by atoms with van der Waals surface area (Å²) < 4.78 is 31.7. The van der Waals surface area contributed by atoms with E-state index < -0.39 is 54.6 Å². The van der Waals surface area contributed by atoms with Crippen LogP contribution in [-0.4, -0.2) is 74.3 Å². The highest BCUT2D eigenvalue weighted by Crippen LogP contribution is 2.29. The minimum absolute atomic E-state index is 0.0522. The molecule has 0 bridgehead atoms. The molecule has 0 aromatic carbocycles. The molecule has 13 nitrogen and oxygen atoms in total. The van der Waals surface area contributed by atoms with Gasteiger partial charge >= 0.3 is 23.9 Å². The molecule has 1 fully saturated rings. The fourth-order valence-corrected chi connectivity index (χ4v) is 2.58. The van der Waals surface area contributed by atoms with Crippen LogP contribution in [0.2, 0.25) is 0 Å². The van der Waals surface area contributed by atoms with Crippen LogP contribution >= 0.6 is 0 Å². The number of hydrogen-bond donors (Lipinski definition) is 0. The van der Waals surface area contributed by atoms with Gasteiger partial charge in [-0.1, -0.05) is 5.11 Å². The van der Waals surface area contributed by atoms with Crippen LogP contribution in [0.15, 0.2) is 5.11 Å². The summed E-state index contributed by atoms with van der Waals surface area (Å²) in [6.45, 7) is 4.01. The number of nitrogens with zero attached hydrogens (tertiary/aromatic N) is 3. The van der Waals surface area contributed by atoms with E-state index in [0.717, 1.165) is 20.8 Å². The van der Waals surface area contributed by atoms with Gasteiger partial charge in [0.1, 0.15) is 12.7 Å². The van der Waals surface area contributed by atoms with Gasteiger partial charge in [0, 0.05) is 39.2 Å². The smallest absolute Gasteiger partial charge is 0.303 e. The molecule has 0 amide bonds. The molecule has 0 spiro atoms. The Morgan fingerprint density at radius 3 is 1.97 bits per heavy atom. The minimum atomic E-state index is -1.31. The monoisotopic (exact) mass is 417 g/mol. The van der Waals surface area contributed by atoms with Gasteiger partial charge in [0.05, 0.1) is 6.61 Å². The Bertz CT molecular complexity index is 663. The molecule has 0 unspecified atom stereocenters. The lowest BCUT2D eigenvalue weighted by atomic mass is 9.98. The lowest BCUT2D eigenvalue weighted by molar-refractivity contribution is -0.307. The number of ether oxygens (including phenoxy) is 6. The van der Waals surface area contributed by atoms with Crippen molar-refractivity contribution in [3.05, 3.63) is 10.4 Å². The van der Waals surface area contributed by atoms with Crippen molar-refractivity contribution in [3.63, 3.8) is 0 Å². The number of carbonyl (C=O) groups is 4. The topological polar surface area (TPSA) is 172 Å². The predicted molar refractivity (Wildman–Crippen MR) is 91.9 cm³/mol. The molecule has 1 saturated heterocycles. The van der Waals surface area contributed by atoms with Crippen molar-refractivity contribution in [2.24, 2.45) is 5.11 Å². The average Bonchev–Trinajstić information content (AvgIpc) is 2.60. The lowest BCUT2D eigenvalue weighted by Crippen LogP contribution is -2.63. The Morgan fingerprint density at radius 1 is 0.897 bits per heavy atom. The maximum Gasteiger partial charge on any atom is 0.303 e. The van der Waals surface area contributed by atoms with Crippen LogP contribution in [0.3, 0.4) is 0 Å². The Morgan fingerprint density at radius 2 is 1.45 bits per heavy atom. The van der Waals surface area contributed by atoms with Gasteiger partial charge in [0.2, 0.25) is 0 Å². The molecule has 0 aromatic rings. The molecule has 1 aliphatic rings. The molecule has 0 N–H and O–H groups in total. The fraction of sp³-hybridized carbons (Fsp3) is 0.750. The molecule has 1 heterocycles. The predicted octanol–water partition coefficient (Wildman–Crippen LogP) is 0.396. The van der Waals surface area contributed by atoms with E-state index in [1.165, 1.54) is 6.92 Å². The summed E-state index contributed by atoms with van der Waals surface area (Å²) in [5.41, 5.74) is 8.35. The largest absolute Gasteiger partial charge is 0.463 e. The molecular formula is C16H23N3O10. The molecule has 0 saturated carbocycles. The molecule has 0 aliphatic carbocycles. The van der Waals surface area contributed by atoms with Crippen LogP contribution < -0.4 is 0 Å². The van der Waals surface area contributed by atoms with E-state index in [4.69, 9.17) is 34.0 Å². The highest BCUT2D eigenvalue weighted by Gasteiger charge is 2.52. The Hall–Kier alpha value is -2.89. The van der Waals surface area contributed by atoms with Crippen molar-refractivity contribution in [2.75, 3.05) is 19.8 Å². The summed E-state index contributed by atoms with van der Waals surface area (Å²) in [5, 5.41) is 3.31. The average molecular weight is 417 g/mol. The van der Waals surface area contributed by atoms with Gasteiger partial charge in [-0.15, -0.1) is 0 Å². The van der Waals surface area contributed by atoms with Crippen molar-refractivity contribution in [1.82, 2.24) is 0 Å². The van der Waals surface area contributed by atoms with Crippen LogP contribution in [0.1, 0.15) is 27.7 Å². The van der Waals surface area contributed by atoms with Crippen LogP contribution in [0.5, 0.6) is 0 Å². The maximum atomic E-state index is 11.6. The maximum absolute atomic E-state index is 11.6. The summed E-state index contributed by atoms with van der Waals surface area (Å²) in [6.07, 6.45) is -6.25. The van der Waals surface area contributed by atoms with Crippen molar-refractivity contribution >= 4 is 23.9 Å². The van der Waals surface area contributed by atoms with Gasteiger partial charge in [0.15, 0.2) is 24.6 Å². The zero-order chi connectivity index (χ0) is 22.0. The normalized spacial score (nSPS) is 25.9. The highest BCUT2D eigenvalue weighted by atomic mass is 16.7. The van der Waals surface area contributed by atoms with Gasteiger partial charge in [-0.05, 0) is 5.53 Å². The number of carbonyl (C=O) groups excluding carboxylic acids is 4. The molecule has 5 atom stereocenters.